The Morgan fingerprint density at radius 2 is 2.19 bits per heavy atom. The number of hydrogen-bond donors (Lipinski definition) is 1. The van der Waals surface area contributed by atoms with E-state index < -0.39 is 0 Å². The molecule has 1 saturated carbocycles. The predicted octanol–water partition coefficient (Wildman–Crippen LogP) is 1.76. The lowest BCUT2D eigenvalue weighted by molar-refractivity contribution is -0.131. The fourth-order valence-corrected chi connectivity index (χ4v) is 2.72. The third kappa shape index (κ3) is 2.76. The Labute approximate surface area is 98.4 Å². The number of likely N-dealkylation sites (tertiary alicyclic amines) is 1. The third-order valence-corrected chi connectivity index (χ3v) is 4.25. The van der Waals surface area contributed by atoms with E-state index >= 15 is 0 Å². The zero-order chi connectivity index (χ0) is 11.6. The smallest absolute Gasteiger partial charge is 0.222 e. The molecule has 92 valence electrons. The van der Waals surface area contributed by atoms with E-state index in [2.05, 4.69) is 11.8 Å². The molecule has 0 spiro atoms. The van der Waals surface area contributed by atoms with Crippen molar-refractivity contribution in [2.24, 2.45) is 17.1 Å². The predicted molar refractivity (Wildman–Crippen MR) is 64.9 cm³/mol. The average Bonchev–Trinajstić information content (AvgIpc) is 3.02. The number of nitrogens with zero attached hydrogens (tertiary/aromatic N) is 1. The number of carbonyl (C=O) groups excluding carboxylic acids is 1. The van der Waals surface area contributed by atoms with E-state index in [9.17, 15) is 4.79 Å². The molecule has 1 atom stereocenters. The minimum absolute atomic E-state index is 0.368. The molecule has 2 fully saturated rings. The van der Waals surface area contributed by atoms with Crippen molar-refractivity contribution in [1.29, 1.82) is 0 Å². The molecule has 1 heterocycles. The maximum atomic E-state index is 12.0. The minimum atomic E-state index is 0.368. The van der Waals surface area contributed by atoms with E-state index in [-0.39, 0.29) is 0 Å². The lowest BCUT2D eigenvalue weighted by atomic mass is 10.0. The highest BCUT2D eigenvalue weighted by Crippen LogP contribution is 2.49. The molecule has 0 aromatic carbocycles. The van der Waals surface area contributed by atoms with Crippen LogP contribution in [0.2, 0.25) is 0 Å². The summed E-state index contributed by atoms with van der Waals surface area (Å²) in [4.78, 5) is 14.1. The first-order valence-electron chi connectivity index (χ1n) is 6.63. The van der Waals surface area contributed by atoms with Gasteiger partial charge in [0.2, 0.25) is 5.91 Å². The summed E-state index contributed by atoms with van der Waals surface area (Å²) in [5, 5.41) is 0. The summed E-state index contributed by atoms with van der Waals surface area (Å²) in [6, 6.07) is 0. The van der Waals surface area contributed by atoms with E-state index in [1.165, 1.54) is 19.3 Å². The highest BCUT2D eigenvalue weighted by molar-refractivity contribution is 5.76. The molecule has 3 nitrogen and oxygen atoms in total. The quantitative estimate of drug-likeness (QED) is 0.791. The van der Waals surface area contributed by atoms with Crippen LogP contribution in [0.4, 0.5) is 0 Å². The van der Waals surface area contributed by atoms with Crippen LogP contribution in [0.25, 0.3) is 0 Å². The van der Waals surface area contributed by atoms with E-state index in [0.29, 0.717) is 17.2 Å². The van der Waals surface area contributed by atoms with Crippen molar-refractivity contribution in [2.75, 3.05) is 19.6 Å². The summed E-state index contributed by atoms with van der Waals surface area (Å²) in [7, 11) is 0. The van der Waals surface area contributed by atoms with Crippen molar-refractivity contribution in [2.45, 2.75) is 45.4 Å². The molecule has 0 bridgehead atoms. The van der Waals surface area contributed by atoms with Gasteiger partial charge in [-0.2, -0.15) is 0 Å². The highest BCUT2D eigenvalue weighted by atomic mass is 16.2. The number of carbonyl (C=O) groups is 1. The van der Waals surface area contributed by atoms with Gasteiger partial charge >= 0.3 is 0 Å². The van der Waals surface area contributed by atoms with Gasteiger partial charge in [0, 0.05) is 19.5 Å². The second-order valence-corrected chi connectivity index (χ2v) is 5.79. The lowest BCUT2D eigenvalue weighted by Crippen LogP contribution is -2.36. The second kappa shape index (κ2) is 4.74. The summed E-state index contributed by atoms with van der Waals surface area (Å²) in [5.74, 6) is 1.08. The summed E-state index contributed by atoms with van der Waals surface area (Å²) in [6.07, 6.45) is 6.61. The lowest BCUT2D eigenvalue weighted by Gasteiger charge is -2.26. The molecular formula is C13H24N2O. The van der Waals surface area contributed by atoms with Crippen LogP contribution >= 0.6 is 0 Å². The molecule has 1 amide bonds. The SMILES string of the molecule is CC1CCC(=O)N(CC2(CCN)CC2)CC1. The van der Waals surface area contributed by atoms with Crippen LogP contribution in [0.1, 0.15) is 45.4 Å². The molecule has 2 N–H and O–H groups in total. The molecule has 1 unspecified atom stereocenters. The Balaban J connectivity index is 1.90. The van der Waals surface area contributed by atoms with Crippen LogP contribution in [0.15, 0.2) is 0 Å². The van der Waals surface area contributed by atoms with Gasteiger partial charge in [-0.1, -0.05) is 6.92 Å². The molecule has 1 aliphatic heterocycles. The Bertz CT molecular complexity index is 261. The molecular weight excluding hydrogens is 200 g/mol. The topological polar surface area (TPSA) is 46.3 Å². The fourth-order valence-electron chi connectivity index (χ4n) is 2.72. The van der Waals surface area contributed by atoms with Crippen molar-refractivity contribution in [3.8, 4) is 0 Å². The van der Waals surface area contributed by atoms with Gasteiger partial charge in [0.05, 0.1) is 0 Å². The third-order valence-electron chi connectivity index (χ3n) is 4.25. The van der Waals surface area contributed by atoms with Crippen molar-refractivity contribution in [3.05, 3.63) is 0 Å². The summed E-state index contributed by atoms with van der Waals surface area (Å²) in [6.45, 7) is 4.95. The molecule has 1 saturated heterocycles. The van der Waals surface area contributed by atoms with E-state index in [1.807, 2.05) is 0 Å². The molecule has 0 aromatic rings. The Hall–Kier alpha value is -0.570. The molecule has 2 aliphatic rings. The standard InChI is InChI=1S/C13H24N2O/c1-11-2-3-12(16)15(9-4-11)10-13(5-6-13)7-8-14/h11H,2-10,14H2,1H3. The molecule has 0 aromatic heterocycles. The number of amides is 1. The van der Waals surface area contributed by atoms with Gasteiger partial charge in [-0.05, 0) is 50.0 Å². The molecule has 16 heavy (non-hydrogen) atoms. The number of hydrogen-bond acceptors (Lipinski definition) is 2. The highest BCUT2D eigenvalue weighted by Gasteiger charge is 2.43. The normalized spacial score (nSPS) is 29.0. The number of nitrogens with two attached hydrogens (primary N) is 1. The van der Waals surface area contributed by atoms with Crippen LogP contribution in [-0.2, 0) is 4.79 Å². The maximum absolute atomic E-state index is 12.0. The summed E-state index contributed by atoms with van der Waals surface area (Å²) < 4.78 is 0. The van der Waals surface area contributed by atoms with E-state index in [0.717, 1.165) is 38.9 Å². The van der Waals surface area contributed by atoms with Crippen LogP contribution < -0.4 is 5.73 Å². The minimum Gasteiger partial charge on any atom is -0.342 e. The van der Waals surface area contributed by atoms with Gasteiger partial charge in [-0.25, -0.2) is 0 Å². The van der Waals surface area contributed by atoms with Crippen LogP contribution in [0.5, 0.6) is 0 Å². The van der Waals surface area contributed by atoms with Gasteiger partial charge in [0.15, 0.2) is 0 Å². The Kier molecular flexibility index (Phi) is 3.53. The first-order valence-corrected chi connectivity index (χ1v) is 6.63. The van der Waals surface area contributed by atoms with Crippen LogP contribution in [0.3, 0.4) is 0 Å². The van der Waals surface area contributed by atoms with Crippen LogP contribution in [0, 0.1) is 11.3 Å². The summed E-state index contributed by atoms with van der Waals surface area (Å²) in [5.41, 5.74) is 6.04. The second-order valence-electron chi connectivity index (χ2n) is 5.79. The van der Waals surface area contributed by atoms with Gasteiger partial charge in [-0.3, -0.25) is 4.79 Å². The van der Waals surface area contributed by atoms with Crippen molar-refractivity contribution in [3.63, 3.8) is 0 Å². The van der Waals surface area contributed by atoms with Crippen molar-refractivity contribution >= 4 is 5.91 Å². The fraction of sp³-hybridized carbons (Fsp3) is 0.923. The van der Waals surface area contributed by atoms with Gasteiger partial charge in [0.1, 0.15) is 0 Å². The van der Waals surface area contributed by atoms with Gasteiger partial charge in [-0.15, -0.1) is 0 Å². The van der Waals surface area contributed by atoms with Gasteiger partial charge in [0.25, 0.3) is 0 Å². The monoisotopic (exact) mass is 224 g/mol. The number of rotatable bonds is 4. The zero-order valence-corrected chi connectivity index (χ0v) is 10.4. The molecule has 0 radical (unpaired) electrons. The Morgan fingerprint density at radius 3 is 2.81 bits per heavy atom. The first kappa shape index (κ1) is 11.9. The van der Waals surface area contributed by atoms with Crippen molar-refractivity contribution < 1.29 is 4.79 Å². The largest absolute Gasteiger partial charge is 0.342 e. The molecule has 3 heteroatoms. The first-order chi connectivity index (χ1) is 7.65. The van der Waals surface area contributed by atoms with Crippen molar-refractivity contribution in [1.82, 2.24) is 4.90 Å². The Morgan fingerprint density at radius 1 is 1.44 bits per heavy atom. The molecule has 1 aliphatic carbocycles. The van der Waals surface area contributed by atoms with E-state index in [1.54, 1.807) is 0 Å². The summed E-state index contributed by atoms with van der Waals surface area (Å²) >= 11 is 0. The van der Waals surface area contributed by atoms with Gasteiger partial charge < -0.3 is 10.6 Å². The van der Waals surface area contributed by atoms with E-state index in [4.69, 9.17) is 5.73 Å². The molecule has 2 rings (SSSR count). The zero-order valence-electron chi connectivity index (χ0n) is 10.4. The van der Waals surface area contributed by atoms with Crippen LogP contribution in [-0.4, -0.2) is 30.4 Å². The maximum Gasteiger partial charge on any atom is 0.222 e. The average molecular weight is 224 g/mol.